The van der Waals surface area contributed by atoms with Crippen molar-refractivity contribution in [3.05, 3.63) is 11.4 Å². The molecule has 1 saturated heterocycles. The number of ether oxygens (including phenoxy) is 1. The zero-order valence-corrected chi connectivity index (χ0v) is 11.3. The molecule has 0 aliphatic carbocycles. The molecule has 2 atom stereocenters. The van der Waals surface area contributed by atoms with E-state index >= 15 is 0 Å². The minimum Gasteiger partial charge on any atom is -0.379 e. The largest absolute Gasteiger partial charge is 0.379 e. The molecule has 0 radical (unpaired) electrons. The molecule has 0 aromatic carbocycles. The van der Waals surface area contributed by atoms with Gasteiger partial charge in [-0.15, -0.1) is 0 Å². The van der Waals surface area contributed by atoms with Crippen LogP contribution in [0.4, 0.5) is 5.69 Å². The molecule has 4 nitrogen and oxygen atoms in total. The third kappa shape index (κ3) is 2.63. The zero-order valence-electron chi connectivity index (χ0n) is 11.3. The standard InChI is InChI=1S/C13H23N3O/c1-5-13(4)8-11(6-7-17-13)14-12-9(2)15-16-10(12)3/h11,14H,5-8H2,1-4H3,(H,15,16). The molecule has 0 saturated carbocycles. The smallest absolute Gasteiger partial charge is 0.0825 e. The Hall–Kier alpha value is -1.03. The monoisotopic (exact) mass is 237 g/mol. The first-order chi connectivity index (χ1) is 8.04. The minimum atomic E-state index is 0.0292. The molecule has 96 valence electrons. The lowest BCUT2D eigenvalue weighted by Crippen LogP contribution is -2.42. The summed E-state index contributed by atoms with van der Waals surface area (Å²) in [4.78, 5) is 0. The maximum Gasteiger partial charge on any atom is 0.0825 e. The topological polar surface area (TPSA) is 49.9 Å². The van der Waals surface area contributed by atoms with E-state index in [9.17, 15) is 0 Å². The quantitative estimate of drug-likeness (QED) is 0.850. The van der Waals surface area contributed by atoms with Crippen LogP contribution in [0.2, 0.25) is 0 Å². The van der Waals surface area contributed by atoms with Crippen molar-refractivity contribution >= 4 is 5.69 Å². The number of aromatic nitrogens is 2. The summed E-state index contributed by atoms with van der Waals surface area (Å²) in [7, 11) is 0. The summed E-state index contributed by atoms with van der Waals surface area (Å²) < 4.78 is 5.86. The van der Waals surface area contributed by atoms with Gasteiger partial charge >= 0.3 is 0 Å². The average molecular weight is 237 g/mol. The predicted octanol–water partition coefficient (Wildman–Crippen LogP) is 2.79. The van der Waals surface area contributed by atoms with E-state index in [1.807, 2.05) is 6.92 Å². The molecular formula is C13H23N3O. The Balaban J connectivity index is 2.04. The van der Waals surface area contributed by atoms with E-state index < -0.39 is 0 Å². The van der Waals surface area contributed by atoms with Gasteiger partial charge in [-0.2, -0.15) is 5.10 Å². The van der Waals surface area contributed by atoms with Crippen molar-refractivity contribution in [1.29, 1.82) is 0 Å². The summed E-state index contributed by atoms with van der Waals surface area (Å²) in [5.74, 6) is 0. The second kappa shape index (κ2) is 4.69. The normalized spacial score (nSPS) is 29.3. The van der Waals surface area contributed by atoms with Crippen LogP contribution in [0.5, 0.6) is 0 Å². The summed E-state index contributed by atoms with van der Waals surface area (Å²) in [6, 6.07) is 0.490. The predicted molar refractivity (Wildman–Crippen MR) is 69.4 cm³/mol. The Morgan fingerprint density at radius 2 is 2.29 bits per heavy atom. The third-order valence-corrected chi connectivity index (χ3v) is 3.82. The van der Waals surface area contributed by atoms with Crippen LogP contribution < -0.4 is 5.32 Å². The Kier molecular flexibility index (Phi) is 3.43. The van der Waals surface area contributed by atoms with Crippen LogP contribution in [-0.4, -0.2) is 28.4 Å². The van der Waals surface area contributed by atoms with E-state index in [1.54, 1.807) is 0 Å². The number of nitrogens with one attached hydrogen (secondary N) is 2. The molecule has 0 amide bonds. The number of anilines is 1. The van der Waals surface area contributed by atoms with Crippen LogP contribution in [0.15, 0.2) is 0 Å². The summed E-state index contributed by atoms with van der Waals surface area (Å²) in [6.45, 7) is 9.33. The zero-order chi connectivity index (χ0) is 12.5. The third-order valence-electron chi connectivity index (χ3n) is 3.82. The maximum absolute atomic E-state index is 5.86. The van der Waals surface area contributed by atoms with E-state index in [2.05, 4.69) is 36.3 Å². The first-order valence-corrected chi connectivity index (χ1v) is 6.46. The van der Waals surface area contributed by atoms with Crippen LogP contribution in [0, 0.1) is 13.8 Å². The number of aryl methyl sites for hydroxylation is 2. The van der Waals surface area contributed by atoms with Crippen LogP contribution >= 0.6 is 0 Å². The fourth-order valence-electron chi connectivity index (χ4n) is 2.47. The number of hydrogen-bond donors (Lipinski definition) is 2. The van der Waals surface area contributed by atoms with Crippen LogP contribution in [0.25, 0.3) is 0 Å². The Morgan fingerprint density at radius 1 is 1.53 bits per heavy atom. The lowest BCUT2D eigenvalue weighted by Gasteiger charge is -2.38. The molecule has 2 unspecified atom stereocenters. The highest BCUT2D eigenvalue weighted by molar-refractivity contribution is 5.52. The lowest BCUT2D eigenvalue weighted by molar-refractivity contribution is -0.0709. The molecule has 1 aliphatic heterocycles. The van der Waals surface area contributed by atoms with Crippen LogP contribution in [0.3, 0.4) is 0 Å². The number of nitrogens with zero attached hydrogens (tertiary/aromatic N) is 1. The van der Waals surface area contributed by atoms with Gasteiger partial charge in [0, 0.05) is 12.6 Å². The molecule has 1 aromatic rings. The molecular weight excluding hydrogens is 214 g/mol. The fourth-order valence-corrected chi connectivity index (χ4v) is 2.47. The SMILES string of the molecule is CCC1(C)CC(Nc2c(C)n[nH]c2C)CCO1. The van der Waals surface area contributed by atoms with Gasteiger partial charge in [0.05, 0.1) is 22.7 Å². The first-order valence-electron chi connectivity index (χ1n) is 6.46. The van der Waals surface area contributed by atoms with Gasteiger partial charge in [0.15, 0.2) is 0 Å². The summed E-state index contributed by atoms with van der Waals surface area (Å²) in [6.07, 6.45) is 3.20. The Morgan fingerprint density at radius 3 is 2.88 bits per heavy atom. The van der Waals surface area contributed by atoms with Crippen molar-refractivity contribution in [2.75, 3.05) is 11.9 Å². The number of H-pyrrole nitrogens is 1. The molecule has 2 heterocycles. The molecule has 2 rings (SSSR count). The first kappa shape index (κ1) is 12.4. The summed E-state index contributed by atoms with van der Waals surface area (Å²) in [5, 5.41) is 10.9. The van der Waals surface area contributed by atoms with Crippen molar-refractivity contribution < 1.29 is 4.74 Å². The van der Waals surface area contributed by atoms with Gasteiger partial charge < -0.3 is 10.1 Å². The highest BCUT2D eigenvalue weighted by Gasteiger charge is 2.32. The van der Waals surface area contributed by atoms with Crippen molar-refractivity contribution in [3.8, 4) is 0 Å². The van der Waals surface area contributed by atoms with Gasteiger partial charge in [-0.25, -0.2) is 0 Å². The van der Waals surface area contributed by atoms with Gasteiger partial charge in [-0.3, -0.25) is 5.10 Å². The number of aromatic amines is 1. The van der Waals surface area contributed by atoms with Gasteiger partial charge in [0.1, 0.15) is 0 Å². The highest BCUT2D eigenvalue weighted by atomic mass is 16.5. The number of hydrogen-bond acceptors (Lipinski definition) is 3. The highest BCUT2D eigenvalue weighted by Crippen LogP contribution is 2.30. The molecule has 0 bridgehead atoms. The summed E-state index contributed by atoms with van der Waals surface area (Å²) in [5.41, 5.74) is 3.36. The van der Waals surface area contributed by atoms with Gasteiger partial charge in [0.25, 0.3) is 0 Å². The lowest BCUT2D eigenvalue weighted by atomic mass is 9.90. The van der Waals surface area contributed by atoms with Gasteiger partial charge in [0.2, 0.25) is 0 Å². The van der Waals surface area contributed by atoms with Crippen LogP contribution in [0.1, 0.15) is 44.5 Å². The number of rotatable bonds is 3. The second-order valence-corrected chi connectivity index (χ2v) is 5.29. The van der Waals surface area contributed by atoms with E-state index in [0.29, 0.717) is 6.04 Å². The second-order valence-electron chi connectivity index (χ2n) is 5.29. The maximum atomic E-state index is 5.86. The van der Waals surface area contributed by atoms with E-state index in [4.69, 9.17) is 4.74 Å². The molecule has 4 heteroatoms. The van der Waals surface area contributed by atoms with Crippen molar-refractivity contribution in [3.63, 3.8) is 0 Å². The van der Waals surface area contributed by atoms with Crippen molar-refractivity contribution in [1.82, 2.24) is 10.2 Å². The molecule has 1 fully saturated rings. The summed E-state index contributed by atoms with van der Waals surface area (Å²) >= 11 is 0. The fraction of sp³-hybridized carbons (Fsp3) is 0.769. The van der Waals surface area contributed by atoms with Gasteiger partial charge in [-0.1, -0.05) is 6.92 Å². The molecule has 1 aliphatic rings. The molecule has 1 aromatic heterocycles. The molecule has 17 heavy (non-hydrogen) atoms. The Labute approximate surface area is 103 Å². The Bertz CT molecular complexity index is 369. The van der Waals surface area contributed by atoms with Crippen molar-refractivity contribution in [2.24, 2.45) is 0 Å². The van der Waals surface area contributed by atoms with E-state index in [1.165, 1.54) is 0 Å². The molecule has 2 N–H and O–H groups in total. The van der Waals surface area contributed by atoms with Gasteiger partial charge in [-0.05, 0) is 40.0 Å². The van der Waals surface area contributed by atoms with E-state index in [-0.39, 0.29) is 5.60 Å². The minimum absolute atomic E-state index is 0.0292. The average Bonchev–Trinajstić information content (AvgIpc) is 2.61. The molecule has 0 spiro atoms. The van der Waals surface area contributed by atoms with Crippen molar-refractivity contribution in [2.45, 2.75) is 58.6 Å². The van der Waals surface area contributed by atoms with E-state index in [0.717, 1.165) is 42.9 Å². The van der Waals surface area contributed by atoms with Crippen LogP contribution in [-0.2, 0) is 4.74 Å².